The fraction of sp³-hybridized carbons (Fsp3) is 0.182. The minimum Gasteiger partial charge on any atom is -0.481 e. The second-order valence-corrected chi connectivity index (χ2v) is 4.74. The van der Waals surface area contributed by atoms with Crippen molar-refractivity contribution >= 4 is 21.9 Å². The van der Waals surface area contributed by atoms with E-state index in [9.17, 15) is 18.0 Å². The maximum atomic E-state index is 12.8. The zero-order chi connectivity index (χ0) is 14.9. The van der Waals surface area contributed by atoms with Crippen LogP contribution in [0.15, 0.2) is 28.9 Å². The van der Waals surface area contributed by atoms with Crippen molar-refractivity contribution in [1.82, 2.24) is 15.0 Å². The van der Waals surface area contributed by atoms with Crippen LogP contribution in [0.5, 0.6) is 0 Å². The molecule has 1 heterocycles. The third kappa shape index (κ3) is 3.16. The Hall–Kier alpha value is -1.90. The molecule has 1 aromatic carbocycles. The third-order valence-corrected chi connectivity index (χ3v) is 3.08. The highest BCUT2D eigenvalue weighted by Gasteiger charge is 2.33. The number of alkyl halides is 3. The maximum absolute atomic E-state index is 12.8. The van der Waals surface area contributed by atoms with Crippen molar-refractivity contribution in [2.45, 2.75) is 12.6 Å². The van der Waals surface area contributed by atoms with Gasteiger partial charge in [0, 0.05) is 4.47 Å². The molecule has 0 fully saturated rings. The average Bonchev–Trinajstić information content (AvgIpc) is 2.75. The van der Waals surface area contributed by atoms with E-state index in [1.807, 2.05) is 0 Å². The van der Waals surface area contributed by atoms with Gasteiger partial charge in [-0.3, -0.25) is 4.79 Å². The molecule has 0 aliphatic carbocycles. The summed E-state index contributed by atoms with van der Waals surface area (Å²) in [5, 5.41) is 15.8. The summed E-state index contributed by atoms with van der Waals surface area (Å²) in [6, 6.07) is 3.57. The smallest absolute Gasteiger partial charge is 0.417 e. The molecule has 0 unspecified atom stereocenters. The molecular formula is C11H7BrF3N3O2. The standard InChI is InChI=1S/C11H7BrF3N3O2/c12-9-2-1-7(4-8(9)11(13,14)15)18-5-6(16-17-18)3-10(19)20/h1-2,4-5H,3H2,(H,19,20). The van der Waals surface area contributed by atoms with E-state index in [0.29, 0.717) is 0 Å². The number of aromatic nitrogens is 3. The van der Waals surface area contributed by atoms with Crippen LogP contribution in [0.4, 0.5) is 13.2 Å². The number of nitrogens with zero attached hydrogens (tertiary/aromatic N) is 3. The van der Waals surface area contributed by atoms with Crippen molar-refractivity contribution < 1.29 is 23.1 Å². The van der Waals surface area contributed by atoms with E-state index in [1.54, 1.807) is 0 Å². The van der Waals surface area contributed by atoms with E-state index in [2.05, 4.69) is 26.2 Å². The highest BCUT2D eigenvalue weighted by Crippen LogP contribution is 2.35. The number of hydrogen-bond acceptors (Lipinski definition) is 3. The Morgan fingerprint density at radius 2 is 2.10 bits per heavy atom. The monoisotopic (exact) mass is 349 g/mol. The van der Waals surface area contributed by atoms with Gasteiger partial charge in [0.25, 0.3) is 0 Å². The summed E-state index contributed by atoms with van der Waals surface area (Å²) in [5.41, 5.74) is -0.538. The number of benzene rings is 1. The van der Waals surface area contributed by atoms with Crippen LogP contribution in [0.1, 0.15) is 11.3 Å². The lowest BCUT2D eigenvalue weighted by Gasteiger charge is -2.10. The van der Waals surface area contributed by atoms with Gasteiger partial charge >= 0.3 is 12.1 Å². The van der Waals surface area contributed by atoms with E-state index < -0.39 is 17.7 Å². The first-order valence-corrected chi connectivity index (χ1v) is 6.07. The van der Waals surface area contributed by atoms with E-state index >= 15 is 0 Å². The van der Waals surface area contributed by atoms with E-state index in [-0.39, 0.29) is 22.3 Å². The van der Waals surface area contributed by atoms with Crippen LogP contribution in [-0.4, -0.2) is 26.1 Å². The highest BCUT2D eigenvalue weighted by molar-refractivity contribution is 9.10. The molecule has 2 aromatic rings. The average molecular weight is 350 g/mol. The Balaban J connectivity index is 2.38. The van der Waals surface area contributed by atoms with Gasteiger partial charge in [0.05, 0.1) is 29.6 Å². The molecule has 2 rings (SSSR count). The van der Waals surface area contributed by atoms with Gasteiger partial charge in [-0.15, -0.1) is 5.10 Å². The van der Waals surface area contributed by atoms with Crippen molar-refractivity contribution in [3.05, 3.63) is 40.1 Å². The number of rotatable bonds is 3. The first kappa shape index (κ1) is 14.5. The Morgan fingerprint density at radius 3 is 2.70 bits per heavy atom. The lowest BCUT2D eigenvalue weighted by Crippen LogP contribution is -2.07. The number of hydrogen-bond donors (Lipinski definition) is 1. The summed E-state index contributed by atoms with van der Waals surface area (Å²) in [4.78, 5) is 10.5. The van der Waals surface area contributed by atoms with Crippen LogP contribution in [-0.2, 0) is 17.4 Å². The van der Waals surface area contributed by atoms with Crippen molar-refractivity contribution in [3.8, 4) is 5.69 Å². The molecule has 5 nitrogen and oxygen atoms in total. The van der Waals surface area contributed by atoms with Gasteiger partial charge in [0.15, 0.2) is 0 Å². The Morgan fingerprint density at radius 1 is 1.40 bits per heavy atom. The molecular weight excluding hydrogens is 343 g/mol. The van der Waals surface area contributed by atoms with Crippen LogP contribution in [0.25, 0.3) is 5.69 Å². The fourth-order valence-corrected chi connectivity index (χ4v) is 2.00. The van der Waals surface area contributed by atoms with E-state index in [4.69, 9.17) is 5.11 Å². The first-order chi connectivity index (χ1) is 9.27. The van der Waals surface area contributed by atoms with Crippen LogP contribution in [0.2, 0.25) is 0 Å². The minimum absolute atomic E-state index is 0.0837. The molecule has 0 saturated heterocycles. The summed E-state index contributed by atoms with van der Waals surface area (Å²) >= 11 is 2.83. The molecule has 0 aliphatic heterocycles. The predicted molar refractivity (Wildman–Crippen MR) is 65.4 cm³/mol. The first-order valence-electron chi connectivity index (χ1n) is 5.27. The van der Waals surface area contributed by atoms with Crippen molar-refractivity contribution in [3.63, 3.8) is 0 Å². The summed E-state index contributed by atoms with van der Waals surface area (Å²) in [7, 11) is 0. The van der Waals surface area contributed by atoms with Gasteiger partial charge in [0.2, 0.25) is 0 Å². The number of aliphatic carboxylic acids is 1. The topological polar surface area (TPSA) is 68.0 Å². The number of carboxylic acids is 1. The largest absolute Gasteiger partial charge is 0.481 e. The summed E-state index contributed by atoms with van der Waals surface area (Å²) < 4.78 is 39.3. The number of carbonyl (C=O) groups is 1. The zero-order valence-electron chi connectivity index (χ0n) is 9.73. The fourth-order valence-electron chi connectivity index (χ4n) is 1.53. The van der Waals surface area contributed by atoms with Gasteiger partial charge in [-0.1, -0.05) is 21.1 Å². The highest BCUT2D eigenvalue weighted by atomic mass is 79.9. The van der Waals surface area contributed by atoms with E-state index in [1.165, 1.54) is 18.3 Å². The summed E-state index contributed by atoms with van der Waals surface area (Å²) in [6.45, 7) is 0. The molecule has 0 bridgehead atoms. The van der Waals surface area contributed by atoms with Crippen molar-refractivity contribution in [2.75, 3.05) is 0 Å². The lowest BCUT2D eigenvalue weighted by atomic mass is 10.2. The van der Waals surface area contributed by atoms with Crippen LogP contribution >= 0.6 is 15.9 Å². The Kier molecular flexibility index (Phi) is 3.80. The molecule has 0 atom stereocenters. The molecule has 9 heteroatoms. The zero-order valence-corrected chi connectivity index (χ0v) is 11.3. The molecule has 1 aromatic heterocycles. The number of carboxylic acid groups (broad SMARTS) is 1. The molecule has 0 amide bonds. The molecule has 0 spiro atoms. The summed E-state index contributed by atoms with van der Waals surface area (Å²) in [6.07, 6.45) is -3.57. The molecule has 106 valence electrons. The second kappa shape index (κ2) is 5.23. The maximum Gasteiger partial charge on any atom is 0.417 e. The molecule has 1 N–H and O–H groups in total. The predicted octanol–water partition coefficient (Wildman–Crippen LogP) is 2.68. The van der Waals surface area contributed by atoms with Gasteiger partial charge in [-0.05, 0) is 18.2 Å². The molecule has 0 radical (unpaired) electrons. The van der Waals surface area contributed by atoms with Gasteiger partial charge in [0.1, 0.15) is 0 Å². The van der Waals surface area contributed by atoms with Crippen LogP contribution in [0.3, 0.4) is 0 Å². The third-order valence-electron chi connectivity index (χ3n) is 2.39. The number of halogens is 4. The summed E-state index contributed by atoms with van der Waals surface area (Å²) in [5.74, 6) is -1.09. The molecule has 20 heavy (non-hydrogen) atoms. The van der Waals surface area contributed by atoms with Crippen LogP contribution in [0, 0.1) is 0 Å². The Bertz CT molecular complexity index is 655. The molecule has 0 saturated carbocycles. The Labute approximate surface area is 119 Å². The van der Waals surface area contributed by atoms with Gasteiger partial charge < -0.3 is 5.11 Å². The molecule has 0 aliphatic rings. The SMILES string of the molecule is O=C(O)Cc1cn(-c2ccc(Br)c(C(F)(F)F)c2)nn1. The van der Waals surface area contributed by atoms with Gasteiger partial charge in [-0.2, -0.15) is 13.2 Å². The quantitative estimate of drug-likeness (QED) is 0.924. The van der Waals surface area contributed by atoms with Crippen molar-refractivity contribution in [2.24, 2.45) is 0 Å². The van der Waals surface area contributed by atoms with Gasteiger partial charge in [-0.25, -0.2) is 4.68 Å². The van der Waals surface area contributed by atoms with E-state index in [0.717, 1.165) is 10.7 Å². The second-order valence-electron chi connectivity index (χ2n) is 3.89. The lowest BCUT2D eigenvalue weighted by molar-refractivity contribution is -0.138. The minimum atomic E-state index is -4.50. The normalized spacial score (nSPS) is 11.6. The van der Waals surface area contributed by atoms with Crippen molar-refractivity contribution in [1.29, 1.82) is 0 Å². The van der Waals surface area contributed by atoms with Crippen LogP contribution < -0.4 is 0 Å².